The molecule has 1 aliphatic rings. The molecule has 0 atom stereocenters. The van der Waals surface area contributed by atoms with Crippen molar-refractivity contribution < 1.29 is 9.21 Å². The van der Waals surface area contributed by atoms with Gasteiger partial charge in [0.25, 0.3) is 0 Å². The van der Waals surface area contributed by atoms with Crippen LogP contribution in [0.25, 0.3) is 0 Å². The van der Waals surface area contributed by atoms with Crippen LogP contribution in [0.4, 0.5) is 0 Å². The molecule has 72 valence electrons. The van der Waals surface area contributed by atoms with Gasteiger partial charge in [-0.3, -0.25) is 4.79 Å². The van der Waals surface area contributed by atoms with Gasteiger partial charge in [0.05, 0.1) is 12.3 Å². The van der Waals surface area contributed by atoms with Crippen molar-refractivity contribution in [2.75, 3.05) is 6.54 Å². The predicted molar refractivity (Wildman–Crippen MR) is 48.1 cm³/mol. The molecule has 0 N–H and O–H groups in total. The van der Waals surface area contributed by atoms with Gasteiger partial charge in [0.1, 0.15) is 12.2 Å². The third kappa shape index (κ3) is 1.49. The average Bonchev–Trinajstić information content (AvgIpc) is 2.64. The van der Waals surface area contributed by atoms with E-state index >= 15 is 0 Å². The Bertz CT molecular complexity index is 389. The summed E-state index contributed by atoms with van der Waals surface area (Å²) in [5, 5.41) is 8.41. The second-order valence-corrected chi connectivity index (χ2v) is 3.27. The van der Waals surface area contributed by atoms with Gasteiger partial charge in [-0.25, -0.2) is 0 Å². The molecule has 0 aromatic carbocycles. The number of rotatable bonds is 1. The molecule has 1 amide bonds. The summed E-state index contributed by atoms with van der Waals surface area (Å²) in [5.41, 5.74) is 1.06. The molecular formula is C10H10N2O2. The van der Waals surface area contributed by atoms with Crippen LogP contribution in [0.2, 0.25) is 0 Å². The lowest BCUT2D eigenvalue weighted by Crippen LogP contribution is -2.35. The highest BCUT2D eigenvalue weighted by Crippen LogP contribution is 2.19. The highest BCUT2D eigenvalue weighted by atomic mass is 16.3. The van der Waals surface area contributed by atoms with Crippen molar-refractivity contribution in [1.82, 2.24) is 4.90 Å². The number of carbonyl (C=O) groups is 1. The van der Waals surface area contributed by atoms with Crippen LogP contribution in [0.3, 0.4) is 0 Å². The maximum absolute atomic E-state index is 11.4. The van der Waals surface area contributed by atoms with Crippen molar-refractivity contribution >= 4 is 5.91 Å². The number of nitriles is 1. The van der Waals surface area contributed by atoms with Crippen LogP contribution in [0.1, 0.15) is 17.7 Å². The lowest BCUT2D eigenvalue weighted by Gasteiger charge is -2.25. The van der Waals surface area contributed by atoms with Crippen molar-refractivity contribution in [3.05, 3.63) is 23.7 Å². The van der Waals surface area contributed by atoms with Gasteiger partial charge in [0.2, 0.25) is 5.91 Å². The molecular weight excluding hydrogens is 180 g/mol. The molecule has 4 nitrogen and oxygen atoms in total. The van der Waals surface area contributed by atoms with E-state index in [0.717, 1.165) is 17.7 Å². The summed E-state index contributed by atoms with van der Waals surface area (Å²) in [7, 11) is 0. The highest BCUT2D eigenvalue weighted by Gasteiger charge is 2.21. The maximum atomic E-state index is 11.4. The Balaban J connectivity index is 2.08. The topological polar surface area (TPSA) is 57.2 Å². The van der Waals surface area contributed by atoms with Crippen LogP contribution >= 0.6 is 0 Å². The molecule has 0 bridgehead atoms. The van der Waals surface area contributed by atoms with Gasteiger partial charge in [-0.2, -0.15) is 5.26 Å². The molecule has 1 aliphatic heterocycles. The number of carbonyl (C=O) groups excluding carboxylic acids is 1. The molecule has 0 saturated heterocycles. The van der Waals surface area contributed by atoms with Gasteiger partial charge in [-0.1, -0.05) is 0 Å². The van der Waals surface area contributed by atoms with Crippen molar-refractivity contribution in [2.24, 2.45) is 0 Å². The Hall–Kier alpha value is -1.76. The molecule has 0 aliphatic carbocycles. The summed E-state index contributed by atoms with van der Waals surface area (Å²) < 4.78 is 5.24. The standard InChI is InChI=1S/C10H10N2O2/c11-4-1-10(13)12-5-2-9-8(7-12)3-6-14-9/h3,6H,1-2,5,7H2. The summed E-state index contributed by atoms with van der Waals surface area (Å²) >= 11 is 0. The first kappa shape index (κ1) is 8.82. The van der Waals surface area contributed by atoms with Gasteiger partial charge in [0, 0.05) is 25.1 Å². The fraction of sp³-hybridized carbons (Fsp3) is 0.400. The highest BCUT2D eigenvalue weighted by molar-refractivity contribution is 5.78. The fourth-order valence-corrected chi connectivity index (χ4v) is 1.64. The maximum Gasteiger partial charge on any atom is 0.237 e. The smallest absolute Gasteiger partial charge is 0.237 e. The Morgan fingerprint density at radius 3 is 3.36 bits per heavy atom. The second kappa shape index (κ2) is 3.54. The largest absolute Gasteiger partial charge is 0.469 e. The predicted octanol–water partition coefficient (Wildman–Crippen LogP) is 1.08. The Labute approximate surface area is 81.7 Å². The average molecular weight is 190 g/mol. The lowest BCUT2D eigenvalue weighted by atomic mass is 10.1. The number of amides is 1. The number of nitrogens with zero attached hydrogens (tertiary/aromatic N) is 2. The Kier molecular flexibility index (Phi) is 2.23. The van der Waals surface area contributed by atoms with Crippen LogP contribution in [0.15, 0.2) is 16.7 Å². The fourth-order valence-electron chi connectivity index (χ4n) is 1.64. The zero-order chi connectivity index (χ0) is 9.97. The second-order valence-electron chi connectivity index (χ2n) is 3.27. The summed E-state index contributed by atoms with van der Waals surface area (Å²) in [6.07, 6.45) is 2.36. The van der Waals surface area contributed by atoms with Gasteiger partial charge >= 0.3 is 0 Å². The first-order valence-corrected chi connectivity index (χ1v) is 4.51. The van der Waals surface area contributed by atoms with Crippen molar-refractivity contribution in [3.63, 3.8) is 0 Å². The summed E-state index contributed by atoms with van der Waals surface area (Å²) in [6.45, 7) is 1.23. The molecule has 14 heavy (non-hydrogen) atoms. The molecule has 2 heterocycles. The lowest BCUT2D eigenvalue weighted by molar-refractivity contribution is -0.131. The van der Waals surface area contributed by atoms with Crippen LogP contribution in [-0.4, -0.2) is 17.4 Å². The zero-order valence-corrected chi connectivity index (χ0v) is 7.69. The van der Waals surface area contributed by atoms with E-state index in [9.17, 15) is 4.79 Å². The first-order chi connectivity index (χ1) is 6.81. The minimum atomic E-state index is -0.0978. The molecule has 0 saturated carbocycles. The summed E-state index contributed by atoms with van der Waals surface area (Å²) in [5.74, 6) is 0.866. The van der Waals surface area contributed by atoms with E-state index in [-0.39, 0.29) is 12.3 Å². The quantitative estimate of drug-likeness (QED) is 0.665. The van der Waals surface area contributed by atoms with Crippen LogP contribution in [0, 0.1) is 11.3 Å². The number of hydrogen-bond donors (Lipinski definition) is 0. The van der Waals surface area contributed by atoms with Crippen molar-refractivity contribution in [3.8, 4) is 6.07 Å². The molecule has 4 heteroatoms. The third-order valence-electron chi connectivity index (χ3n) is 2.39. The Morgan fingerprint density at radius 2 is 2.57 bits per heavy atom. The molecule has 1 aromatic heterocycles. The van der Waals surface area contributed by atoms with Gasteiger partial charge in [-0.15, -0.1) is 0 Å². The number of hydrogen-bond acceptors (Lipinski definition) is 3. The van der Waals surface area contributed by atoms with Crippen LogP contribution < -0.4 is 0 Å². The number of fused-ring (bicyclic) bond motifs is 1. The molecule has 2 rings (SSSR count). The van der Waals surface area contributed by atoms with E-state index in [4.69, 9.17) is 9.68 Å². The van der Waals surface area contributed by atoms with Gasteiger partial charge in [0.15, 0.2) is 0 Å². The molecule has 0 unspecified atom stereocenters. The molecule has 0 spiro atoms. The monoisotopic (exact) mass is 190 g/mol. The first-order valence-electron chi connectivity index (χ1n) is 4.51. The van der Waals surface area contributed by atoms with E-state index in [1.165, 1.54) is 0 Å². The summed E-state index contributed by atoms with van der Waals surface area (Å²) in [4.78, 5) is 13.1. The molecule has 0 radical (unpaired) electrons. The van der Waals surface area contributed by atoms with E-state index in [0.29, 0.717) is 13.1 Å². The zero-order valence-electron chi connectivity index (χ0n) is 7.69. The minimum absolute atomic E-state index is 0.0345. The Morgan fingerprint density at radius 1 is 1.71 bits per heavy atom. The van der Waals surface area contributed by atoms with E-state index in [1.807, 2.05) is 12.1 Å². The van der Waals surface area contributed by atoms with Crippen LogP contribution in [-0.2, 0) is 17.8 Å². The van der Waals surface area contributed by atoms with E-state index in [2.05, 4.69) is 0 Å². The minimum Gasteiger partial charge on any atom is -0.469 e. The van der Waals surface area contributed by atoms with Gasteiger partial charge in [-0.05, 0) is 6.07 Å². The van der Waals surface area contributed by atoms with Crippen molar-refractivity contribution in [1.29, 1.82) is 5.26 Å². The van der Waals surface area contributed by atoms with Crippen molar-refractivity contribution in [2.45, 2.75) is 19.4 Å². The third-order valence-corrected chi connectivity index (χ3v) is 2.39. The number of furan rings is 1. The van der Waals surface area contributed by atoms with E-state index in [1.54, 1.807) is 11.2 Å². The van der Waals surface area contributed by atoms with E-state index < -0.39 is 0 Å². The SMILES string of the molecule is N#CCC(=O)N1CCc2occc2C1. The summed E-state index contributed by atoms with van der Waals surface area (Å²) in [6, 6.07) is 3.74. The van der Waals surface area contributed by atoms with Crippen LogP contribution in [0.5, 0.6) is 0 Å². The van der Waals surface area contributed by atoms with Gasteiger partial charge < -0.3 is 9.32 Å². The molecule has 1 aromatic rings. The molecule has 0 fully saturated rings. The normalized spacial score (nSPS) is 14.6.